The SMILES string of the molecule is O=[N+]([O-])c1ccc(Oc2ccc(CBr)cc2)c([N+](=O)[O-])c1. The number of non-ortho nitro benzene ring substituents is 1. The summed E-state index contributed by atoms with van der Waals surface area (Å²) in [4.78, 5) is 20.2. The molecule has 0 saturated carbocycles. The first kappa shape index (κ1) is 14.9. The van der Waals surface area contributed by atoms with Crippen molar-refractivity contribution in [1.29, 1.82) is 0 Å². The van der Waals surface area contributed by atoms with E-state index in [1.807, 2.05) is 0 Å². The minimum atomic E-state index is -0.713. The minimum Gasteiger partial charge on any atom is -0.450 e. The minimum absolute atomic E-state index is 0.0443. The highest BCUT2D eigenvalue weighted by atomic mass is 79.9. The molecule has 0 saturated heterocycles. The van der Waals surface area contributed by atoms with Crippen LogP contribution in [0.25, 0.3) is 0 Å². The smallest absolute Gasteiger partial charge is 0.318 e. The van der Waals surface area contributed by atoms with E-state index in [9.17, 15) is 20.2 Å². The van der Waals surface area contributed by atoms with Crippen molar-refractivity contribution in [3.63, 3.8) is 0 Å². The van der Waals surface area contributed by atoms with Crippen LogP contribution in [0, 0.1) is 20.2 Å². The Morgan fingerprint density at radius 1 is 1.00 bits per heavy atom. The summed E-state index contributed by atoms with van der Waals surface area (Å²) in [5.41, 5.74) is 0.220. The van der Waals surface area contributed by atoms with E-state index in [1.165, 1.54) is 6.07 Å². The fraction of sp³-hybridized carbons (Fsp3) is 0.0769. The van der Waals surface area contributed by atoms with Crippen LogP contribution in [-0.2, 0) is 5.33 Å². The van der Waals surface area contributed by atoms with E-state index in [0.29, 0.717) is 11.1 Å². The first-order valence-electron chi connectivity index (χ1n) is 5.77. The Bertz CT molecular complexity index is 687. The summed E-state index contributed by atoms with van der Waals surface area (Å²) < 4.78 is 5.43. The molecule has 0 fully saturated rings. The molecule has 2 rings (SSSR count). The maximum atomic E-state index is 11.0. The van der Waals surface area contributed by atoms with Gasteiger partial charge in [0.1, 0.15) is 5.75 Å². The van der Waals surface area contributed by atoms with E-state index < -0.39 is 15.5 Å². The molecule has 0 bridgehead atoms. The van der Waals surface area contributed by atoms with E-state index in [-0.39, 0.29) is 11.4 Å². The van der Waals surface area contributed by atoms with E-state index >= 15 is 0 Å². The van der Waals surface area contributed by atoms with Gasteiger partial charge in [0.05, 0.1) is 15.9 Å². The predicted octanol–water partition coefficient (Wildman–Crippen LogP) is 4.19. The molecule has 8 heteroatoms. The van der Waals surface area contributed by atoms with E-state index in [4.69, 9.17) is 4.74 Å². The maximum absolute atomic E-state index is 11.0. The monoisotopic (exact) mass is 352 g/mol. The summed E-state index contributed by atoms with van der Waals surface area (Å²) in [5, 5.41) is 22.3. The molecule has 0 N–H and O–H groups in total. The lowest BCUT2D eigenvalue weighted by atomic mass is 10.2. The van der Waals surface area contributed by atoms with Gasteiger partial charge in [-0.2, -0.15) is 0 Å². The Labute approximate surface area is 127 Å². The number of nitro groups is 2. The molecule has 2 aromatic rings. The molecule has 0 heterocycles. The van der Waals surface area contributed by atoms with Crippen molar-refractivity contribution in [3.8, 4) is 11.5 Å². The largest absolute Gasteiger partial charge is 0.450 e. The summed E-state index contributed by atoms with van der Waals surface area (Å²) in [5.74, 6) is 0.369. The third-order valence-electron chi connectivity index (χ3n) is 2.66. The Balaban J connectivity index is 2.34. The molecule has 0 radical (unpaired) electrons. The van der Waals surface area contributed by atoms with Crippen molar-refractivity contribution in [2.45, 2.75) is 5.33 Å². The molecule has 0 aromatic heterocycles. The van der Waals surface area contributed by atoms with Gasteiger partial charge in [-0.25, -0.2) is 0 Å². The van der Waals surface area contributed by atoms with Crippen LogP contribution in [0.4, 0.5) is 11.4 Å². The van der Waals surface area contributed by atoms with Crippen molar-refractivity contribution in [3.05, 3.63) is 68.3 Å². The van der Waals surface area contributed by atoms with Gasteiger partial charge in [-0.05, 0) is 23.8 Å². The lowest BCUT2D eigenvalue weighted by Crippen LogP contribution is -1.96. The number of hydrogen-bond donors (Lipinski definition) is 0. The molecule has 0 atom stereocenters. The van der Waals surface area contributed by atoms with Crippen molar-refractivity contribution in [1.82, 2.24) is 0 Å². The average molecular weight is 353 g/mol. The standard InChI is InChI=1S/C13H9BrN2O5/c14-8-9-1-4-11(5-2-9)21-13-6-3-10(15(17)18)7-12(13)16(19)20/h1-7H,8H2. The second kappa shape index (κ2) is 6.31. The van der Waals surface area contributed by atoms with Crippen LogP contribution in [0.15, 0.2) is 42.5 Å². The van der Waals surface area contributed by atoms with Gasteiger partial charge in [-0.15, -0.1) is 0 Å². The molecule has 0 aliphatic heterocycles. The summed E-state index contributed by atoms with van der Waals surface area (Å²) >= 11 is 3.31. The van der Waals surface area contributed by atoms with Crippen molar-refractivity contribution in [2.24, 2.45) is 0 Å². The van der Waals surface area contributed by atoms with Crippen LogP contribution in [0.5, 0.6) is 11.5 Å². The lowest BCUT2D eigenvalue weighted by molar-refractivity contribution is -0.394. The van der Waals surface area contributed by atoms with Gasteiger partial charge < -0.3 is 4.74 Å². The highest BCUT2D eigenvalue weighted by Crippen LogP contribution is 2.34. The van der Waals surface area contributed by atoms with E-state index in [0.717, 1.165) is 17.7 Å². The Hall–Kier alpha value is -2.48. The molecular formula is C13H9BrN2O5. The molecule has 2 aromatic carbocycles. The number of ether oxygens (including phenoxy) is 1. The molecule has 0 amide bonds. The predicted molar refractivity (Wildman–Crippen MR) is 78.9 cm³/mol. The van der Waals surface area contributed by atoms with Gasteiger partial charge in [-0.3, -0.25) is 20.2 Å². The highest BCUT2D eigenvalue weighted by molar-refractivity contribution is 9.08. The van der Waals surface area contributed by atoms with E-state index in [2.05, 4.69) is 15.9 Å². The summed E-state index contributed by atoms with van der Waals surface area (Å²) in [6.45, 7) is 0. The molecule has 0 unspecified atom stereocenters. The van der Waals surface area contributed by atoms with Gasteiger partial charge in [0, 0.05) is 11.4 Å². The Morgan fingerprint density at radius 3 is 2.19 bits per heavy atom. The normalized spacial score (nSPS) is 10.1. The molecule has 21 heavy (non-hydrogen) atoms. The molecule has 0 aliphatic carbocycles. The van der Waals surface area contributed by atoms with Crippen molar-refractivity contribution < 1.29 is 14.6 Å². The highest BCUT2D eigenvalue weighted by Gasteiger charge is 2.21. The zero-order valence-corrected chi connectivity index (χ0v) is 12.1. The van der Waals surface area contributed by atoms with Crippen LogP contribution in [0.2, 0.25) is 0 Å². The fourth-order valence-electron chi connectivity index (χ4n) is 1.62. The lowest BCUT2D eigenvalue weighted by Gasteiger charge is -2.06. The topological polar surface area (TPSA) is 95.5 Å². The van der Waals surface area contributed by atoms with Crippen LogP contribution < -0.4 is 4.74 Å². The van der Waals surface area contributed by atoms with E-state index in [1.54, 1.807) is 24.3 Å². The van der Waals surface area contributed by atoms with Gasteiger partial charge >= 0.3 is 5.69 Å². The average Bonchev–Trinajstić information content (AvgIpc) is 2.48. The van der Waals surface area contributed by atoms with Gasteiger partial charge in [-0.1, -0.05) is 28.1 Å². The molecule has 108 valence electrons. The third kappa shape index (κ3) is 3.54. The van der Waals surface area contributed by atoms with Gasteiger partial charge in [0.2, 0.25) is 5.75 Å². The Kier molecular flexibility index (Phi) is 4.49. The fourth-order valence-corrected chi connectivity index (χ4v) is 2.00. The first-order chi connectivity index (χ1) is 10.0. The number of alkyl halides is 1. The number of hydrogen-bond acceptors (Lipinski definition) is 5. The Morgan fingerprint density at radius 2 is 1.67 bits per heavy atom. The summed E-state index contributed by atoms with van der Waals surface area (Å²) in [7, 11) is 0. The maximum Gasteiger partial charge on any atom is 0.318 e. The van der Waals surface area contributed by atoms with Crippen LogP contribution in [-0.4, -0.2) is 9.85 Å². The second-order valence-electron chi connectivity index (χ2n) is 4.05. The first-order valence-corrected chi connectivity index (χ1v) is 6.89. The molecule has 0 spiro atoms. The van der Waals surface area contributed by atoms with Gasteiger partial charge in [0.15, 0.2) is 0 Å². The molecular weight excluding hydrogens is 344 g/mol. The number of halogens is 1. The van der Waals surface area contributed by atoms with Crippen molar-refractivity contribution in [2.75, 3.05) is 0 Å². The third-order valence-corrected chi connectivity index (χ3v) is 3.30. The van der Waals surface area contributed by atoms with Gasteiger partial charge in [0.25, 0.3) is 5.69 Å². The zero-order valence-electron chi connectivity index (χ0n) is 10.6. The molecule has 7 nitrogen and oxygen atoms in total. The zero-order chi connectivity index (χ0) is 15.4. The number of rotatable bonds is 5. The summed E-state index contributed by atoms with van der Waals surface area (Å²) in [6, 6.07) is 10.2. The van der Waals surface area contributed by atoms with Crippen LogP contribution in [0.3, 0.4) is 0 Å². The second-order valence-corrected chi connectivity index (χ2v) is 4.61. The number of benzene rings is 2. The van der Waals surface area contributed by atoms with Crippen LogP contribution >= 0.6 is 15.9 Å². The number of nitrogens with zero attached hydrogens (tertiary/aromatic N) is 2. The van der Waals surface area contributed by atoms with Crippen LogP contribution in [0.1, 0.15) is 5.56 Å². The van der Waals surface area contributed by atoms with Crippen molar-refractivity contribution >= 4 is 27.3 Å². The number of nitro benzene ring substituents is 2. The summed E-state index contributed by atoms with van der Waals surface area (Å²) in [6.07, 6.45) is 0. The molecule has 0 aliphatic rings. The quantitative estimate of drug-likeness (QED) is 0.456.